The summed E-state index contributed by atoms with van der Waals surface area (Å²) >= 11 is -0.000209. The van der Waals surface area contributed by atoms with Gasteiger partial charge >= 0.3 is 21.4 Å². The highest BCUT2D eigenvalue weighted by molar-refractivity contribution is 7.86. The molecule has 0 aromatic heterocycles. The van der Waals surface area contributed by atoms with E-state index in [1.165, 1.54) is 12.1 Å². The van der Waals surface area contributed by atoms with Crippen LogP contribution in [0.5, 0.6) is 0 Å². The molecular weight excluding hydrogens is 204 g/mol. The molecule has 66 valence electrons. The maximum atomic E-state index is 11.0. The summed E-state index contributed by atoms with van der Waals surface area (Å²) in [4.78, 5) is -0.0339. The Hall–Kier alpha value is -0.620. The maximum absolute atomic E-state index is 11.0. The van der Waals surface area contributed by atoms with Crippen LogP contribution in [0.2, 0.25) is 0 Å². The average Bonchev–Trinajstić information content (AvgIpc) is 2.06. The molecule has 1 aromatic rings. The van der Waals surface area contributed by atoms with E-state index in [-0.39, 0.29) is 16.2 Å². The monoisotopic (exact) mass is 208 g/mol. The highest BCUT2D eigenvalue weighted by atomic mass is 35.6. The van der Waals surface area contributed by atoms with Gasteiger partial charge in [0, 0.05) is 3.74 Å². The van der Waals surface area contributed by atoms with Crippen LogP contribution in [-0.4, -0.2) is 8.42 Å². The minimum atomic E-state index is -3.88. The standard InChI is InChI=1S/C6H5ClO4S/c8-7-11-12(9,10)6-4-2-1-3-5-6/h1-5H. The molecule has 0 N–H and O–H groups in total. The molecule has 12 heavy (non-hydrogen) atoms. The third-order valence-corrected chi connectivity index (χ3v) is 2.86. The van der Waals surface area contributed by atoms with E-state index in [1.807, 2.05) is 0 Å². The Kier molecular flexibility index (Phi) is 3.05. The van der Waals surface area contributed by atoms with E-state index < -0.39 is 10.1 Å². The normalized spacial score (nSPS) is 11.4. The van der Waals surface area contributed by atoms with Gasteiger partial charge in [-0.15, -0.1) is 0 Å². The molecule has 0 atom stereocenters. The molecule has 0 radical (unpaired) electrons. The van der Waals surface area contributed by atoms with E-state index in [0.717, 1.165) is 0 Å². The van der Waals surface area contributed by atoms with Crippen LogP contribution < -0.4 is 4.66 Å². The van der Waals surface area contributed by atoms with Crippen LogP contribution in [0, 0.1) is 11.3 Å². The molecule has 0 amide bonds. The van der Waals surface area contributed by atoms with Gasteiger partial charge in [-0.2, -0.15) is 8.42 Å². The lowest BCUT2D eigenvalue weighted by atomic mass is 10.4. The lowest BCUT2D eigenvalue weighted by Crippen LogP contribution is -2.11. The van der Waals surface area contributed by atoms with Crippen molar-refractivity contribution in [2.45, 2.75) is 4.90 Å². The number of benzene rings is 1. The van der Waals surface area contributed by atoms with E-state index in [4.69, 9.17) is 0 Å². The first kappa shape index (κ1) is 9.47. The van der Waals surface area contributed by atoms with Gasteiger partial charge in [0.1, 0.15) is 0 Å². The Morgan fingerprint density at radius 1 is 1.25 bits per heavy atom. The quantitative estimate of drug-likeness (QED) is 0.682. The summed E-state index contributed by atoms with van der Waals surface area (Å²) in [5.74, 6) is 0. The minimum absolute atomic E-state index is 0.000209. The summed E-state index contributed by atoms with van der Waals surface area (Å²) in [5, 5.41) is 0. The lowest BCUT2D eigenvalue weighted by Gasteiger charge is -1.94. The second kappa shape index (κ2) is 3.86. The van der Waals surface area contributed by atoms with Crippen molar-refractivity contribution in [1.82, 2.24) is 0 Å². The van der Waals surface area contributed by atoms with Crippen molar-refractivity contribution < 1.29 is 28.1 Å². The van der Waals surface area contributed by atoms with E-state index in [1.54, 1.807) is 18.2 Å². The molecule has 1 aromatic carbocycles. The molecule has 6 heteroatoms. The number of hydrogen-bond donors (Lipinski definition) is 0. The number of hydrogen-bond acceptors (Lipinski definition) is 4. The van der Waals surface area contributed by atoms with Gasteiger partial charge in [0.05, 0.1) is 4.90 Å². The summed E-state index contributed by atoms with van der Waals surface area (Å²) in [6, 6.07) is 7.44. The zero-order chi connectivity index (χ0) is 9.03. The highest BCUT2D eigenvalue weighted by Gasteiger charge is 2.19. The van der Waals surface area contributed by atoms with Crippen LogP contribution in [-0.2, 0) is 13.9 Å². The van der Waals surface area contributed by atoms with Crippen molar-refractivity contribution in [3.63, 3.8) is 0 Å². The molecular formula is C6H5ClO4S. The van der Waals surface area contributed by atoms with Crippen molar-refractivity contribution in [3.8, 4) is 0 Å². The summed E-state index contributed by atoms with van der Waals surface area (Å²) < 4.78 is 35.6. The van der Waals surface area contributed by atoms with Crippen molar-refractivity contribution in [2.24, 2.45) is 0 Å². The Bertz CT molecular complexity index is 334. The van der Waals surface area contributed by atoms with Crippen LogP contribution >= 0.6 is 0 Å². The zero-order valence-corrected chi connectivity index (χ0v) is 7.38. The molecule has 0 heterocycles. The molecule has 0 spiro atoms. The van der Waals surface area contributed by atoms with Crippen molar-refractivity contribution >= 4 is 10.1 Å². The molecule has 0 bridgehead atoms. The predicted molar refractivity (Wildman–Crippen MR) is 34.7 cm³/mol. The van der Waals surface area contributed by atoms with E-state index in [9.17, 15) is 13.1 Å². The second-order valence-corrected chi connectivity index (χ2v) is 3.90. The van der Waals surface area contributed by atoms with Gasteiger partial charge < -0.3 is 4.66 Å². The van der Waals surface area contributed by atoms with Crippen LogP contribution in [0.25, 0.3) is 0 Å². The average molecular weight is 209 g/mol. The van der Waals surface area contributed by atoms with Gasteiger partial charge in [0.2, 0.25) is 0 Å². The van der Waals surface area contributed by atoms with E-state index >= 15 is 0 Å². The fourth-order valence-corrected chi connectivity index (χ4v) is 1.71. The molecule has 0 aliphatic heterocycles. The van der Waals surface area contributed by atoms with Crippen LogP contribution in [0.4, 0.5) is 0 Å². The maximum Gasteiger partial charge on any atom is 0.351 e. The van der Waals surface area contributed by atoms with Crippen LogP contribution in [0.3, 0.4) is 0 Å². The fraction of sp³-hybridized carbons (Fsp3) is 0. The Labute approximate surface area is 74.0 Å². The predicted octanol–water partition coefficient (Wildman–Crippen LogP) is -0.333. The first-order valence-electron chi connectivity index (χ1n) is 2.92. The molecule has 0 saturated heterocycles. The minimum Gasteiger partial charge on any atom is -0.505 e. The highest BCUT2D eigenvalue weighted by Crippen LogP contribution is 2.10. The zero-order valence-electron chi connectivity index (χ0n) is 5.81. The van der Waals surface area contributed by atoms with Crippen LogP contribution in [0.15, 0.2) is 35.2 Å². The van der Waals surface area contributed by atoms with E-state index in [2.05, 4.69) is 3.74 Å². The van der Waals surface area contributed by atoms with Gasteiger partial charge in [-0.25, -0.2) is 0 Å². The second-order valence-electron chi connectivity index (χ2n) is 1.89. The Morgan fingerprint density at radius 2 is 1.83 bits per heavy atom. The summed E-state index contributed by atoms with van der Waals surface area (Å²) in [6.45, 7) is 0. The summed E-state index contributed by atoms with van der Waals surface area (Å²) in [5.41, 5.74) is 0. The SMILES string of the molecule is O=S(=O)(O[Cl+][O-])c1ccccc1. The Balaban J connectivity index is 2.99. The lowest BCUT2D eigenvalue weighted by molar-refractivity contribution is -1.25. The molecule has 0 aliphatic rings. The van der Waals surface area contributed by atoms with Crippen LogP contribution in [0.1, 0.15) is 0 Å². The van der Waals surface area contributed by atoms with Gasteiger partial charge in [0.25, 0.3) is 0 Å². The summed E-state index contributed by atoms with van der Waals surface area (Å²) in [6.07, 6.45) is 0. The first-order chi connectivity index (χ1) is 5.67. The largest absolute Gasteiger partial charge is 0.505 e. The van der Waals surface area contributed by atoms with Gasteiger partial charge in [-0.3, -0.25) is 0 Å². The van der Waals surface area contributed by atoms with Crippen molar-refractivity contribution in [3.05, 3.63) is 30.3 Å². The molecule has 0 unspecified atom stereocenters. The van der Waals surface area contributed by atoms with E-state index in [0.29, 0.717) is 0 Å². The van der Waals surface area contributed by atoms with Crippen molar-refractivity contribution in [1.29, 1.82) is 0 Å². The third kappa shape index (κ3) is 2.18. The fourth-order valence-electron chi connectivity index (χ4n) is 0.657. The van der Waals surface area contributed by atoms with Gasteiger partial charge in [-0.1, -0.05) is 18.2 Å². The molecule has 0 saturated carbocycles. The number of rotatable bonds is 3. The van der Waals surface area contributed by atoms with Gasteiger partial charge in [-0.05, 0) is 12.1 Å². The molecule has 0 aliphatic carbocycles. The van der Waals surface area contributed by atoms with Crippen molar-refractivity contribution in [2.75, 3.05) is 0 Å². The third-order valence-electron chi connectivity index (χ3n) is 1.14. The summed E-state index contributed by atoms with van der Waals surface area (Å²) in [7, 11) is -3.88. The molecule has 1 rings (SSSR count). The number of halogens is 1. The first-order valence-corrected chi connectivity index (χ1v) is 4.95. The topological polar surface area (TPSA) is 66.4 Å². The molecule has 0 fully saturated rings. The smallest absolute Gasteiger partial charge is 0.351 e. The van der Waals surface area contributed by atoms with Gasteiger partial charge in [0.15, 0.2) is 0 Å². The Morgan fingerprint density at radius 3 is 2.33 bits per heavy atom. The molecule has 4 nitrogen and oxygen atoms in total.